The van der Waals surface area contributed by atoms with E-state index in [2.05, 4.69) is 10.2 Å². The van der Waals surface area contributed by atoms with E-state index in [1.54, 1.807) is 45.6 Å². The van der Waals surface area contributed by atoms with Gasteiger partial charge in [-0.1, -0.05) is 11.8 Å². The van der Waals surface area contributed by atoms with Crippen LogP contribution in [-0.4, -0.2) is 47.6 Å². The topological polar surface area (TPSA) is 75.5 Å². The van der Waals surface area contributed by atoms with Crippen LogP contribution in [0.5, 0.6) is 17.2 Å². The second-order valence-electron chi connectivity index (χ2n) is 7.01. The van der Waals surface area contributed by atoms with Crippen LogP contribution in [0, 0.1) is 0 Å². The number of ketones is 1. The summed E-state index contributed by atoms with van der Waals surface area (Å²) in [6.07, 6.45) is 0. The first-order valence-electron chi connectivity index (χ1n) is 10.2. The highest BCUT2D eigenvalue weighted by Crippen LogP contribution is 2.30. The van der Waals surface area contributed by atoms with Gasteiger partial charge >= 0.3 is 0 Å². The number of hydrogen-bond acceptors (Lipinski definition) is 7. The molecule has 0 aliphatic rings. The molecule has 0 unspecified atom stereocenters. The van der Waals surface area contributed by atoms with E-state index in [9.17, 15) is 4.79 Å². The van der Waals surface area contributed by atoms with Crippen LogP contribution in [0.25, 0.3) is 17.1 Å². The van der Waals surface area contributed by atoms with Crippen LogP contribution in [-0.2, 0) is 0 Å². The summed E-state index contributed by atoms with van der Waals surface area (Å²) in [7, 11) is 4.85. The quantitative estimate of drug-likeness (QED) is 0.258. The maximum absolute atomic E-state index is 12.7. The number of ether oxygens (including phenoxy) is 3. The SMILES string of the molecule is COc1ccc(C(=O)CSc2nnc(-c3ccc(OC)cc3)n2-c2ccc(OC)cc2)cc1. The fourth-order valence-corrected chi connectivity index (χ4v) is 4.09. The second-order valence-corrected chi connectivity index (χ2v) is 7.95. The van der Waals surface area contributed by atoms with E-state index in [0.29, 0.717) is 22.3 Å². The summed E-state index contributed by atoms with van der Waals surface area (Å²) in [6, 6.07) is 22.3. The van der Waals surface area contributed by atoms with Crippen LogP contribution in [0.2, 0.25) is 0 Å². The normalized spacial score (nSPS) is 10.6. The molecule has 0 aliphatic heterocycles. The molecule has 0 spiro atoms. The molecule has 3 aromatic carbocycles. The summed E-state index contributed by atoms with van der Waals surface area (Å²) >= 11 is 1.34. The van der Waals surface area contributed by atoms with E-state index in [1.807, 2.05) is 53.1 Å². The monoisotopic (exact) mass is 461 g/mol. The molecule has 0 aliphatic carbocycles. The number of rotatable bonds is 9. The lowest BCUT2D eigenvalue weighted by atomic mass is 10.1. The molecule has 0 N–H and O–H groups in total. The summed E-state index contributed by atoms with van der Waals surface area (Å²) in [5.74, 6) is 3.11. The van der Waals surface area contributed by atoms with Crippen LogP contribution in [0.15, 0.2) is 78.0 Å². The first kappa shape index (κ1) is 22.4. The fourth-order valence-electron chi connectivity index (χ4n) is 3.24. The third-order valence-corrected chi connectivity index (χ3v) is 5.99. The highest BCUT2D eigenvalue weighted by atomic mass is 32.2. The Hall–Kier alpha value is -3.78. The molecule has 1 aromatic heterocycles. The largest absolute Gasteiger partial charge is 0.497 e. The number of thioether (sulfide) groups is 1. The van der Waals surface area contributed by atoms with E-state index >= 15 is 0 Å². The zero-order chi connectivity index (χ0) is 23.2. The molecule has 4 aromatic rings. The third-order valence-electron chi connectivity index (χ3n) is 5.06. The van der Waals surface area contributed by atoms with Gasteiger partial charge < -0.3 is 14.2 Å². The Morgan fingerprint density at radius 2 is 1.27 bits per heavy atom. The van der Waals surface area contributed by atoms with E-state index in [4.69, 9.17) is 14.2 Å². The minimum atomic E-state index is -0.00192. The van der Waals surface area contributed by atoms with Gasteiger partial charge in [0.25, 0.3) is 0 Å². The fraction of sp³-hybridized carbons (Fsp3) is 0.160. The zero-order valence-electron chi connectivity index (χ0n) is 18.5. The Bertz CT molecular complexity index is 1220. The first-order valence-corrected chi connectivity index (χ1v) is 11.2. The van der Waals surface area contributed by atoms with Gasteiger partial charge in [-0.05, 0) is 72.8 Å². The summed E-state index contributed by atoms with van der Waals surface area (Å²) < 4.78 is 17.7. The zero-order valence-corrected chi connectivity index (χ0v) is 19.3. The molecule has 0 fully saturated rings. The van der Waals surface area contributed by atoms with Gasteiger partial charge in [0, 0.05) is 16.8 Å². The van der Waals surface area contributed by atoms with E-state index in [1.165, 1.54) is 11.8 Å². The molecule has 0 atom stereocenters. The predicted molar refractivity (Wildman–Crippen MR) is 128 cm³/mol. The predicted octanol–water partition coefficient (Wildman–Crippen LogP) is 4.94. The molecule has 0 saturated heterocycles. The van der Waals surface area contributed by atoms with Gasteiger partial charge in [0.1, 0.15) is 17.2 Å². The number of methoxy groups -OCH3 is 3. The molecule has 0 radical (unpaired) electrons. The highest BCUT2D eigenvalue weighted by molar-refractivity contribution is 7.99. The maximum atomic E-state index is 12.7. The molecule has 7 nitrogen and oxygen atoms in total. The van der Waals surface area contributed by atoms with Gasteiger partial charge in [-0.25, -0.2) is 0 Å². The van der Waals surface area contributed by atoms with E-state index < -0.39 is 0 Å². The molecule has 168 valence electrons. The number of hydrogen-bond donors (Lipinski definition) is 0. The Morgan fingerprint density at radius 3 is 1.82 bits per heavy atom. The van der Waals surface area contributed by atoms with Crippen molar-refractivity contribution in [3.05, 3.63) is 78.4 Å². The molecule has 0 amide bonds. The highest BCUT2D eigenvalue weighted by Gasteiger charge is 2.18. The van der Waals surface area contributed by atoms with Crippen molar-refractivity contribution in [2.24, 2.45) is 0 Å². The van der Waals surface area contributed by atoms with Crippen molar-refractivity contribution in [2.45, 2.75) is 5.16 Å². The van der Waals surface area contributed by atoms with E-state index in [0.717, 1.165) is 22.7 Å². The number of carbonyl (C=O) groups excluding carboxylic acids is 1. The molecular formula is C25H23N3O4S. The summed E-state index contributed by atoms with van der Waals surface area (Å²) in [5.41, 5.74) is 2.37. The van der Waals surface area contributed by atoms with Gasteiger partial charge in [0.05, 0.1) is 27.1 Å². The van der Waals surface area contributed by atoms with Gasteiger partial charge in [-0.3, -0.25) is 9.36 Å². The van der Waals surface area contributed by atoms with Crippen LogP contribution in [0.1, 0.15) is 10.4 Å². The Kier molecular flexibility index (Phi) is 6.95. The van der Waals surface area contributed by atoms with Gasteiger partial charge in [-0.15, -0.1) is 10.2 Å². The molecule has 4 rings (SSSR count). The van der Waals surface area contributed by atoms with Crippen molar-refractivity contribution in [3.63, 3.8) is 0 Å². The third kappa shape index (κ3) is 5.01. The van der Waals surface area contributed by atoms with Crippen LogP contribution in [0.3, 0.4) is 0 Å². The molecule has 0 bridgehead atoms. The summed E-state index contributed by atoms with van der Waals surface area (Å²) in [6.45, 7) is 0. The van der Waals surface area contributed by atoms with Crippen LogP contribution >= 0.6 is 11.8 Å². The number of nitrogens with zero attached hydrogens (tertiary/aromatic N) is 3. The summed E-state index contributed by atoms with van der Waals surface area (Å²) in [4.78, 5) is 12.7. The smallest absolute Gasteiger partial charge is 0.196 e. The molecule has 33 heavy (non-hydrogen) atoms. The lowest BCUT2D eigenvalue weighted by molar-refractivity contribution is 0.102. The van der Waals surface area contributed by atoms with Crippen LogP contribution < -0.4 is 14.2 Å². The van der Waals surface area contributed by atoms with E-state index in [-0.39, 0.29) is 11.5 Å². The number of aromatic nitrogens is 3. The minimum Gasteiger partial charge on any atom is -0.497 e. The Labute approximate surface area is 196 Å². The van der Waals surface area contributed by atoms with Crippen molar-refractivity contribution < 1.29 is 19.0 Å². The van der Waals surface area contributed by atoms with Crippen molar-refractivity contribution in [1.29, 1.82) is 0 Å². The molecule has 0 saturated carbocycles. The second kappa shape index (κ2) is 10.2. The molecule has 8 heteroatoms. The first-order chi connectivity index (χ1) is 16.1. The number of benzene rings is 3. The number of Topliss-reactive ketones (excluding diaryl/α,β-unsaturated/α-hetero) is 1. The van der Waals surface area contributed by atoms with Crippen molar-refractivity contribution in [3.8, 4) is 34.3 Å². The van der Waals surface area contributed by atoms with Crippen molar-refractivity contribution >= 4 is 17.5 Å². The Morgan fingerprint density at radius 1 is 0.758 bits per heavy atom. The van der Waals surface area contributed by atoms with Gasteiger partial charge in [0.15, 0.2) is 16.8 Å². The van der Waals surface area contributed by atoms with Crippen molar-refractivity contribution in [2.75, 3.05) is 27.1 Å². The van der Waals surface area contributed by atoms with Gasteiger partial charge in [0.2, 0.25) is 0 Å². The van der Waals surface area contributed by atoms with Crippen LogP contribution in [0.4, 0.5) is 0 Å². The number of carbonyl (C=O) groups is 1. The maximum Gasteiger partial charge on any atom is 0.196 e. The minimum absolute atomic E-state index is 0.00192. The Balaban J connectivity index is 1.64. The lowest BCUT2D eigenvalue weighted by Crippen LogP contribution is -2.05. The summed E-state index contributed by atoms with van der Waals surface area (Å²) in [5, 5.41) is 9.43. The molecule has 1 heterocycles. The van der Waals surface area contributed by atoms with Crippen molar-refractivity contribution in [1.82, 2.24) is 14.8 Å². The standard InChI is InChI=1S/C25H23N3O4S/c1-30-20-10-4-17(5-11-20)23(29)16-33-25-27-26-24(18-6-12-21(31-2)13-7-18)28(25)19-8-14-22(32-3)15-9-19/h4-15H,16H2,1-3H3. The molecular weight excluding hydrogens is 438 g/mol. The lowest BCUT2D eigenvalue weighted by Gasteiger charge is -2.11. The average Bonchev–Trinajstić information content (AvgIpc) is 3.31. The van der Waals surface area contributed by atoms with Gasteiger partial charge in [-0.2, -0.15) is 0 Å². The average molecular weight is 462 g/mol.